The summed E-state index contributed by atoms with van der Waals surface area (Å²) in [5, 5.41) is 13.6. The molecular formula is C20H21F3N6O2. The molecule has 0 unspecified atom stereocenters. The number of carbonyl (C=O) groups excluding carboxylic acids is 1. The van der Waals surface area contributed by atoms with E-state index in [0.717, 1.165) is 16.7 Å². The smallest absolute Gasteiger partial charge is 0.444 e. The molecule has 0 spiro atoms. The topological polar surface area (TPSA) is 84.6 Å². The number of anilines is 1. The molecule has 164 valence electrons. The van der Waals surface area contributed by atoms with Crippen molar-refractivity contribution in [1.82, 2.24) is 24.7 Å². The van der Waals surface area contributed by atoms with Crippen LogP contribution in [0, 0.1) is 0 Å². The maximum atomic E-state index is 13.0. The van der Waals surface area contributed by atoms with E-state index >= 15 is 0 Å². The van der Waals surface area contributed by atoms with Gasteiger partial charge in [-0.05, 0) is 49.6 Å². The molecule has 31 heavy (non-hydrogen) atoms. The monoisotopic (exact) mass is 434 g/mol. The second-order valence-electron chi connectivity index (χ2n) is 8.30. The van der Waals surface area contributed by atoms with Gasteiger partial charge in [-0.1, -0.05) is 18.2 Å². The third kappa shape index (κ3) is 4.54. The number of hydrogen-bond acceptors (Lipinski definition) is 6. The molecule has 0 saturated heterocycles. The highest BCUT2D eigenvalue weighted by Crippen LogP contribution is 2.28. The fourth-order valence-electron chi connectivity index (χ4n) is 3.27. The SMILES string of the molecule is CC(C)(C)OC(=O)N1Cc2ccc(CNc3ccc4nnc(C(F)(F)F)n4n3)cc2C1. The van der Waals surface area contributed by atoms with E-state index in [1.807, 2.05) is 39.0 Å². The predicted octanol–water partition coefficient (Wildman–Crippen LogP) is 4.01. The highest BCUT2D eigenvalue weighted by Gasteiger charge is 2.37. The lowest BCUT2D eigenvalue weighted by Crippen LogP contribution is -2.33. The standard InChI is InChI=1S/C20H21F3N6O2/c1-19(2,3)31-18(30)28-10-13-5-4-12(8-14(13)11-28)9-24-15-6-7-16-25-26-17(20(21,22)23)29(16)27-15/h4-8H,9-11H2,1-3H3,(H,24,27). The van der Waals surface area contributed by atoms with Gasteiger partial charge in [0.05, 0.1) is 0 Å². The molecule has 1 N–H and O–H groups in total. The van der Waals surface area contributed by atoms with Crippen LogP contribution in [0.2, 0.25) is 0 Å². The first-order valence-electron chi connectivity index (χ1n) is 9.62. The van der Waals surface area contributed by atoms with Gasteiger partial charge in [-0.25, -0.2) is 4.79 Å². The zero-order valence-corrected chi connectivity index (χ0v) is 17.2. The summed E-state index contributed by atoms with van der Waals surface area (Å²) in [4.78, 5) is 13.9. The van der Waals surface area contributed by atoms with Gasteiger partial charge < -0.3 is 10.1 Å². The Kier molecular flexibility index (Phi) is 4.98. The van der Waals surface area contributed by atoms with Crippen LogP contribution in [-0.2, 0) is 30.5 Å². The van der Waals surface area contributed by atoms with E-state index in [1.165, 1.54) is 6.07 Å². The summed E-state index contributed by atoms with van der Waals surface area (Å²) in [5.74, 6) is -0.917. The number of carbonyl (C=O) groups is 1. The second-order valence-corrected chi connectivity index (χ2v) is 8.30. The molecule has 1 aliphatic rings. The fraction of sp³-hybridized carbons (Fsp3) is 0.400. The maximum Gasteiger partial charge on any atom is 0.453 e. The van der Waals surface area contributed by atoms with Crippen LogP contribution in [0.4, 0.5) is 23.8 Å². The van der Waals surface area contributed by atoms with E-state index in [-0.39, 0.29) is 17.6 Å². The van der Waals surface area contributed by atoms with Gasteiger partial charge in [-0.2, -0.15) is 17.7 Å². The van der Waals surface area contributed by atoms with Gasteiger partial charge in [-0.15, -0.1) is 15.3 Å². The largest absolute Gasteiger partial charge is 0.453 e. The van der Waals surface area contributed by atoms with Crippen LogP contribution < -0.4 is 5.32 Å². The number of rotatable bonds is 3. The van der Waals surface area contributed by atoms with Crippen LogP contribution in [0.1, 0.15) is 43.3 Å². The third-order valence-corrected chi connectivity index (χ3v) is 4.63. The molecule has 0 aliphatic carbocycles. The highest BCUT2D eigenvalue weighted by molar-refractivity contribution is 5.69. The Bertz CT molecular complexity index is 1140. The number of aromatic nitrogens is 4. The van der Waals surface area contributed by atoms with Gasteiger partial charge in [0.15, 0.2) is 5.65 Å². The Hall–Kier alpha value is -3.37. The minimum absolute atomic E-state index is 0.0117. The Morgan fingerprint density at radius 2 is 1.84 bits per heavy atom. The van der Waals surface area contributed by atoms with Crippen molar-refractivity contribution < 1.29 is 22.7 Å². The summed E-state index contributed by atoms with van der Waals surface area (Å²) in [6.07, 6.45) is -5.01. The quantitative estimate of drug-likeness (QED) is 0.671. The van der Waals surface area contributed by atoms with E-state index in [2.05, 4.69) is 20.6 Å². The van der Waals surface area contributed by atoms with Gasteiger partial charge in [0.2, 0.25) is 0 Å². The van der Waals surface area contributed by atoms with E-state index in [1.54, 1.807) is 11.0 Å². The molecule has 1 aromatic carbocycles. The minimum Gasteiger partial charge on any atom is -0.444 e. The van der Waals surface area contributed by atoms with Crippen molar-refractivity contribution in [2.45, 2.75) is 52.2 Å². The molecule has 0 saturated carbocycles. The highest BCUT2D eigenvalue weighted by atomic mass is 19.4. The van der Waals surface area contributed by atoms with Crippen molar-refractivity contribution in [3.63, 3.8) is 0 Å². The van der Waals surface area contributed by atoms with E-state index in [9.17, 15) is 18.0 Å². The average Bonchev–Trinajstić information content (AvgIpc) is 3.28. The minimum atomic E-state index is -4.65. The number of fused-ring (bicyclic) bond motifs is 2. The van der Waals surface area contributed by atoms with Crippen LogP contribution >= 0.6 is 0 Å². The van der Waals surface area contributed by atoms with Gasteiger partial charge >= 0.3 is 12.3 Å². The average molecular weight is 434 g/mol. The molecule has 0 atom stereocenters. The number of nitrogens with one attached hydrogen (secondary N) is 1. The first-order chi connectivity index (χ1) is 14.5. The number of benzene rings is 1. The van der Waals surface area contributed by atoms with Gasteiger partial charge in [0.1, 0.15) is 11.4 Å². The lowest BCUT2D eigenvalue weighted by Gasteiger charge is -2.24. The number of amides is 1. The molecule has 0 fully saturated rings. The van der Waals surface area contributed by atoms with Crippen molar-refractivity contribution in [2.24, 2.45) is 0 Å². The summed E-state index contributed by atoms with van der Waals surface area (Å²) < 4.78 is 45.2. The summed E-state index contributed by atoms with van der Waals surface area (Å²) in [7, 11) is 0. The lowest BCUT2D eigenvalue weighted by molar-refractivity contribution is -0.146. The van der Waals surface area contributed by atoms with Crippen molar-refractivity contribution in [2.75, 3.05) is 5.32 Å². The third-order valence-electron chi connectivity index (χ3n) is 4.63. The number of halogens is 3. The first kappa shape index (κ1) is 20.9. The molecule has 0 bridgehead atoms. The zero-order chi connectivity index (χ0) is 22.4. The molecule has 2 aromatic heterocycles. The van der Waals surface area contributed by atoms with Crippen LogP contribution in [-0.4, -0.2) is 36.4 Å². The summed E-state index contributed by atoms with van der Waals surface area (Å²) in [6.45, 7) is 6.73. The van der Waals surface area contributed by atoms with Crippen molar-refractivity contribution in [3.05, 3.63) is 52.8 Å². The molecule has 1 aliphatic heterocycles. The fourth-order valence-corrected chi connectivity index (χ4v) is 3.27. The number of nitrogens with zero attached hydrogens (tertiary/aromatic N) is 5. The summed E-state index contributed by atoms with van der Waals surface area (Å²) >= 11 is 0. The summed E-state index contributed by atoms with van der Waals surface area (Å²) in [5.41, 5.74) is 2.40. The Labute approximate surface area is 176 Å². The van der Waals surface area contributed by atoms with Gasteiger partial charge in [0, 0.05) is 19.6 Å². The molecule has 4 rings (SSSR count). The van der Waals surface area contributed by atoms with Crippen LogP contribution in [0.15, 0.2) is 30.3 Å². The van der Waals surface area contributed by atoms with Crippen molar-refractivity contribution >= 4 is 17.6 Å². The molecule has 0 radical (unpaired) electrons. The van der Waals surface area contributed by atoms with Crippen molar-refractivity contribution in [3.8, 4) is 0 Å². The molecule has 3 aromatic rings. The van der Waals surface area contributed by atoms with Gasteiger partial charge in [0.25, 0.3) is 5.82 Å². The zero-order valence-electron chi connectivity index (χ0n) is 17.2. The molecule has 11 heteroatoms. The lowest BCUT2D eigenvalue weighted by atomic mass is 10.1. The van der Waals surface area contributed by atoms with Crippen LogP contribution in [0.25, 0.3) is 5.65 Å². The summed E-state index contributed by atoms with van der Waals surface area (Å²) in [6, 6.07) is 8.77. The molecule has 3 heterocycles. The molecule has 8 nitrogen and oxygen atoms in total. The van der Waals surface area contributed by atoms with E-state index in [0.29, 0.717) is 24.1 Å². The Balaban J connectivity index is 1.44. The Morgan fingerprint density at radius 3 is 2.55 bits per heavy atom. The van der Waals surface area contributed by atoms with Crippen LogP contribution in [0.3, 0.4) is 0 Å². The molecular weight excluding hydrogens is 413 g/mol. The number of hydrogen-bond donors (Lipinski definition) is 1. The first-order valence-corrected chi connectivity index (χ1v) is 9.62. The molecule has 1 amide bonds. The Morgan fingerprint density at radius 1 is 1.10 bits per heavy atom. The van der Waals surface area contributed by atoms with Crippen molar-refractivity contribution in [1.29, 1.82) is 0 Å². The number of alkyl halides is 3. The second kappa shape index (κ2) is 7.40. The van der Waals surface area contributed by atoms with E-state index < -0.39 is 17.6 Å². The van der Waals surface area contributed by atoms with Gasteiger partial charge in [-0.3, -0.25) is 4.90 Å². The van der Waals surface area contributed by atoms with Crippen LogP contribution in [0.5, 0.6) is 0 Å². The maximum absolute atomic E-state index is 13.0. The number of ether oxygens (including phenoxy) is 1. The van der Waals surface area contributed by atoms with E-state index in [4.69, 9.17) is 4.74 Å². The normalized spacial score (nSPS) is 14.1. The predicted molar refractivity (Wildman–Crippen MR) is 105 cm³/mol.